The third-order valence-electron chi connectivity index (χ3n) is 4.10. The molecule has 1 amide bonds. The van der Waals surface area contributed by atoms with Crippen LogP contribution in [0.5, 0.6) is 0 Å². The number of rotatable bonds is 7. The van der Waals surface area contributed by atoms with Gasteiger partial charge in [-0.15, -0.1) is 24.0 Å². The van der Waals surface area contributed by atoms with Crippen LogP contribution < -0.4 is 10.6 Å². The Morgan fingerprint density at radius 2 is 1.79 bits per heavy atom. The molecule has 3 N–H and O–H groups in total. The van der Waals surface area contributed by atoms with E-state index in [0.29, 0.717) is 35.2 Å². The van der Waals surface area contributed by atoms with Crippen molar-refractivity contribution in [3.8, 4) is 0 Å². The zero-order valence-electron chi connectivity index (χ0n) is 16.9. The predicted molar refractivity (Wildman–Crippen MR) is 129 cm³/mol. The first-order valence-electron chi connectivity index (χ1n) is 9.17. The third kappa shape index (κ3) is 7.83. The van der Waals surface area contributed by atoms with Gasteiger partial charge in [-0.25, -0.2) is 4.99 Å². The number of aliphatic hydroxyl groups is 1. The number of benzene rings is 2. The molecule has 1 unspecified atom stereocenters. The lowest BCUT2D eigenvalue weighted by Crippen LogP contribution is -2.39. The maximum absolute atomic E-state index is 11.9. The number of aliphatic hydroxyl groups excluding tert-OH is 1. The second-order valence-electron chi connectivity index (χ2n) is 6.51. The summed E-state index contributed by atoms with van der Waals surface area (Å²) in [5.41, 5.74) is 2.30. The molecule has 0 bridgehead atoms. The Kier molecular flexibility index (Phi) is 11.0. The maximum atomic E-state index is 11.9. The maximum Gasteiger partial charge on any atom is 0.253 e. The van der Waals surface area contributed by atoms with Crippen LogP contribution in [0.3, 0.4) is 0 Å². The quantitative estimate of drug-likeness (QED) is 0.291. The Labute approximate surface area is 194 Å². The van der Waals surface area contributed by atoms with E-state index in [1.54, 1.807) is 43.3 Å². The summed E-state index contributed by atoms with van der Waals surface area (Å²) in [7, 11) is 3.46. The van der Waals surface area contributed by atoms with Gasteiger partial charge in [0, 0.05) is 43.3 Å². The monoisotopic (exact) mass is 530 g/mol. The van der Waals surface area contributed by atoms with E-state index in [4.69, 9.17) is 11.6 Å². The highest BCUT2D eigenvalue weighted by Crippen LogP contribution is 2.21. The van der Waals surface area contributed by atoms with Crippen molar-refractivity contribution in [1.82, 2.24) is 15.5 Å². The lowest BCUT2D eigenvalue weighted by atomic mass is 10.1. The summed E-state index contributed by atoms with van der Waals surface area (Å²) in [4.78, 5) is 18.0. The Balaban J connectivity index is 0.00000420. The van der Waals surface area contributed by atoms with E-state index in [9.17, 15) is 9.90 Å². The third-order valence-corrected chi connectivity index (χ3v) is 4.44. The van der Waals surface area contributed by atoms with Gasteiger partial charge in [0.25, 0.3) is 5.91 Å². The molecule has 0 aliphatic heterocycles. The number of nitrogens with zero attached hydrogens (tertiary/aromatic N) is 2. The number of guanidine groups is 1. The lowest BCUT2D eigenvalue weighted by molar-refractivity contribution is 0.0827. The number of carbonyl (C=O) groups is 1. The Hall–Kier alpha value is -1.84. The molecule has 2 rings (SSSR count). The van der Waals surface area contributed by atoms with Crippen molar-refractivity contribution in [3.05, 3.63) is 70.2 Å². The van der Waals surface area contributed by atoms with Crippen molar-refractivity contribution >= 4 is 47.4 Å². The van der Waals surface area contributed by atoms with E-state index in [-0.39, 0.29) is 36.4 Å². The lowest BCUT2D eigenvalue weighted by Gasteiger charge is -2.16. The van der Waals surface area contributed by atoms with Crippen LogP contribution in [0.15, 0.2) is 53.5 Å². The van der Waals surface area contributed by atoms with Gasteiger partial charge in [0.2, 0.25) is 0 Å². The fraction of sp³-hybridized carbons (Fsp3) is 0.333. The van der Waals surface area contributed by atoms with Gasteiger partial charge in [-0.05, 0) is 30.7 Å². The van der Waals surface area contributed by atoms with Crippen LogP contribution in [0.2, 0.25) is 5.02 Å². The highest BCUT2D eigenvalue weighted by atomic mass is 127. The van der Waals surface area contributed by atoms with Crippen LogP contribution in [0.25, 0.3) is 0 Å². The molecule has 0 saturated heterocycles. The summed E-state index contributed by atoms with van der Waals surface area (Å²) in [5.74, 6) is 0.570. The highest BCUT2D eigenvalue weighted by molar-refractivity contribution is 14.0. The second kappa shape index (κ2) is 12.7. The molecular formula is C21H28ClIN4O2. The molecule has 0 aliphatic carbocycles. The Morgan fingerprint density at radius 1 is 1.14 bits per heavy atom. The Morgan fingerprint density at radius 3 is 2.38 bits per heavy atom. The number of hydrogen-bond donors (Lipinski definition) is 3. The molecule has 0 aliphatic rings. The normalized spacial score (nSPS) is 12.0. The van der Waals surface area contributed by atoms with Gasteiger partial charge in [0.15, 0.2) is 5.96 Å². The molecule has 6 nitrogen and oxygen atoms in total. The van der Waals surface area contributed by atoms with E-state index in [2.05, 4.69) is 15.6 Å². The molecule has 1 atom stereocenters. The average molecular weight is 531 g/mol. The van der Waals surface area contributed by atoms with Crippen LogP contribution in [-0.2, 0) is 6.54 Å². The molecule has 0 radical (unpaired) electrons. The molecule has 2 aromatic carbocycles. The van der Waals surface area contributed by atoms with Crippen molar-refractivity contribution in [1.29, 1.82) is 0 Å². The minimum Gasteiger partial charge on any atom is -0.387 e. The molecule has 0 heterocycles. The molecular weight excluding hydrogens is 503 g/mol. The molecule has 0 saturated carbocycles. The number of halogens is 2. The van der Waals surface area contributed by atoms with E-state index in [1.807, 2.05) is 31.2 Å². The van der Waals surface area contributed by atoms with Crippen molar-refractivity contribution < 1.29 is 9.90 Å². The number of amides is 1. The van der Waals surface area contributed by atoms with Crippen LogP contribution in [0.1, 0.15) is 34.5 Å². The van der Waals surface area contributed by atoms with Crippen molar-refractivity contribution in [2.75, 3.05) is 27.2 Å². The van der Waals surface area contributed by atoms with Crippen molar-refractivity contribution in [2.24, 2.45) is 4.99 Å². The van der Waals surface area contributed by atoms with Crippen molar-refractivity contribution in [3.63, 3.8) is 0 Å². The SMILES string of the molecule is CCNC(=NCc1ccc(C(=O)N(C)C)cc1)NCC(O)c1ccccc1Cl.I. The van der Waals surface area contributed by atoms with E-state index >= 15 is 0 Å². The largest absolute Gasteiger partial charge is 0.387 e. The van der Waals surface area contributed by atoms with Crippen LogP contribution in [-0.4, -0.2) is 49.1 Å². The number of nitrogens with one attached hydrogen (secondary N) is 2. The van der Waals surface area contributed by atoms with Gasteiger partial charge < -0.3 is 20.6 Å². The summed E-state index contributed by atoms with van der Waals surface area (Å²) in [6.07, 6.45) is -0.742. The zero-order chi connectivity index (χ0) is 20.5. The van der Waals surface area contributed by atoms with Gasteiger partial charge in [0.1, 0.15) is 0 Å². The number of aliphatic imine (C=N–C) groups is 1. The first-order chi connectivity index (χ1) is 13.4. The molecule has 0 spiro atoms. The van der Waals surface area contributed by atoms with E-state index in [1.165, 1.54) is 0 Å². The fourth-order valence-electron chi connectivity index (χ4n) is 2.57. The standard InChI is InChI=1S/C21H27ClN4O2.HI/c1-4-23-21(25-14-19(27)17-7-5-6-8-18(17)22)24-13-15-9-11-16(12-10-15)20(28)26(2)3;/h5-12,19,27H,4,13-14H2,1-3H3,(H2,23,24,25);1H. The Bertz CT molecular complexity index is 813. The topological polar surface area (TPSA) is 77.0 Å². The molecule has 2 aromatic rings. The van der Waals surface area contributed by atoms with Gasteiger partial charge in [-0.2, -0.15) is 0 Å². The average Bonchev–Trinajstić information content (AvgIpc) is 2.70. The fourth-order valence-corrected chi connectivity index (χ4v) is 2.83. The first kappa shape index (κ1) is 25.2. The predicted octanol–water partition coefficient (Wildman–Crippen LogP) is 3.45. The molecule has 0 aromatic heterocycles. The van der Waals surface area contributed by atoms with E-state index in [0.717, 1.165) is 5.56 Å². The van der Waals surface area contributed by atoms with Gasteiger partial charge in [-0.1, -0.05) is 41.9 Å². The second-order valence-corrected chi connectivity index (χ2v) is 6.92. The highest BCUT2D eigenvalue weighted by Gasteiger charge is 2.12. The zero-order valence-corrected chi connectivity index (χ0v) is 19.9. The summed E-state index contributed by atoms with van der Waals surface area (Å²) in [6, 6.07) is 14.6. The minimum absolute atomic E-state index is 0. The molecule has 8 heteroatoms. The van der Waals surface area contributed by atoms with Crippen molar-refractivity contribution in [2.45, 2.75) is 19.6 Å². The van der Waals surface area contributed by atoms with Crippen LogP contribution in [0, 0.1) is 0 Å². The molecule has 29 heavy (non-hydrogen) atoms. The van der Waals surface area contributed by atoms with Gasteiger partial charge in [0.05, 0.1) is 12.6 Å². The molecule has 0 fully saturated rings. The van der Waals surface area contributed by atoms with Gasteiger partial charge in [-0.3, -0.25) is 4.79 Å². The van der Waals surface area contributed by atoms with Crippen LogP contribution in [0.4, 0.5) is 0 Å². The summed E-state index contributed by atoms with van der Waals surface area (Å²) in [5, 5.41) is 17.2. The van der Waals surface area contributed by atoms with E-state index < -0.39 is 6.10 Å². The summed E-state index contributed by atoms with van der Waals surface area (Å²) in [6.45, 7) is 3.41. The van der Waals surface area contributed by atoms with Gasteiger partial charge >= 0.3 is 0 Å². The summed E-state index contributed by atoms with van der Waals surface area (Å²) >= 11 is 6.13. The smallest absolute Gasteiger partial charge is 0.253 e. The summed E-state index contributed by atoms with van der Waals surface area (Å²) < 4.78 is 0. The van der Waals surface area contributed by atoms with Crippen LogP contribution >= 0.6 is 35.6 Å². The minimum atomic E-state index is -0.742. The number of carbonyl (C=O) groups excluding carboxylic acids is 1. The number of hydrogen-bond acceptors (Lipinski definition) is 3. The first-order valence-corrected chi connectivity index (χ1v) is 9.55. The molecule has 158 valence electrons.